The van der Waals surface area contributed by atoms with Crippen LogP contribution >= 0.6 is 15.9 Å². The van der Waals surface area contributed by atoms with Crippen LogP contribution < -0.4 is 0 Å². The van der Waals surface area contributed by atoms with E-state index in [9.17, 15) is 4.79 Å². The van der Waals surface area contributed by atoms with Gasteiger partial charge in [-0.1, -0.05) is 28.1 Å². The molecule has 0 N–H and O–H groups in total. The fourth-order valence-corrected chi connectivity index (χ4v) is 3.42. The Balaban J connectivity index is 1.61. The van der Waals surface area contributed by atoms with Gasteiger partial charge < -0.3 is 4.74 Å². The molecule has 0 saturated carbocycles. The summed E-state index contributed by atoms with van der Waals surface area (Å²) < 4.78 is 6.77. The topological polar surface area (TPSA) is 29.5 Å². The molecule has 2 saturated heterocycles. The third-order valence-electron chi connectivity index (χ3n) is 4.02. The first-order chi connectivity index (χ1) is 9.22. The van der Waals surface area contributed by atoms with Crippen LogP contribution in [-0.2, 0) is 16.0 Å². The molecule has 3 nitrogen and oxygen atoms in total. The largest absolute Gasteiger partial charge is 0.367 e. The summed E-state index contributed by atoms with van der Waals surface area (Å²) in [7, 11) is 0. The third kappa shape index (κ3) is 3.07. The number of carbonyl (C=O) groups is 1. The Morgan fingerprint density at radius 1 is 1.47 bits per heavy atom. The van der Waals surface area contributed by atoms with E-state index >= 15 is 0 Å². The smallest absolute Gasteiger partial charge is 0.167 e. The average Bonchev–Trinajstić information content (AvgIpc) is 2.85. The van der Waals surface area contributed by atoms with Crippen LogP contribution in [0.3, 0.4) is 0 Å². The van der Waals surface area contributed by atoms with Crippen LogP contribution in [0.2, 0.25) is 0 Å². The molecule has 2 atom stereocenters. The van der Waals surface area contributed by atoms with Crippen LogP contribution in [0.4, 0.5) is 0 Å². The molecule has 2 aliphatic heterocycles. The van der Waals surface area contributed by atoms with Gasteiger partial charge in [-0.3, -0.25) is 9.69 Å². The molecule has 4 heteroatoms. The first-order valence-corrected chi connectivity index (χ1v) is 7.64. The van der Waals surface area contributed by atoms with Crippen molar-refractivity contribution in [3.05, 3.63) is 34.3 Å². The van der Waals surface area contributed by atoms with Crippen molar-refractivity contribution in [2.45, 2.75) is 31.4 Å². The quantitative estimate of drug-likeness (QED) is 0.855. The number of rotatable bonds is 3. The van der Waals surface area contributed by atoms with Crippen LogP contribution in [0.5, 0.6) is 0 Å². The summed E-state index contributed by atoms with van der Waals surface area (Å²) in [4.78, 5) is 14.7. The Kier molecular flexibility index (Phi) is 4.01. The lowest BCUT2D eigenvalue weighted by atomic mass is 10.0. The molecule has 0 radical (unpaired) electrons. The highest BCUT2D eigenvalue weighted by molar-refractivity contribution is 9.10. The van der Waals surface area contributed by atoms with Gasteiger partial charge in [-0.25, -0.2) is 0 Å². The summed E-state index contributed by atoms with van der Waals surface area (Å²) in [6.07, 6.45) is 2.67. The summed E-state index contributed by atoms with van der Waals surface area (Å²) in [5, 5.41) is 0. The zero-order valence-corrected chi connectivity index (χ0v) is 12.4. The zero-order valence-electron chi connectivity index (χ0n) is 10.8. The number of hydrogen-bond acceptors (Lipinski definition) is 3. The number of morpholine rings is 1. The molecule has 0 amide bonds. The first-order valence-electron chi connectivity index (χ1n) is 6.85. The maximum atomic E-state index is 12.3. The molecule has 0 aromatic heterocycles. The van der Waals surface area contributed by atoms with E-state index in [0.29, 0.717) is 12.5 Å². The SMILES string of the molecule is O=C(Cc1cccc(Br)c1)C1CN2CCCC2CO1. The summed E-state index contributed by atoms with van der Waals surface area (Å²) in [6, 6.07) is 8.48. The lowest BCUT2D eigenvalue weighted by Crippen LogP contribution is -2.49. The molecule has 2 aliphatic rings. The van der Waals surface area contributed by atoms with Crippen molar-refractivity contribution in [2.24, 2.45) is 0 Å². The number of hydrogen-bond donors (Lipinski definition) is 0. The molecular formula is C15H18BrNO2. The summed E-state index contributed by atoms with van der Waals surface area (Å²) in [5.74, 6) is 0.198. The van der Waals surface area contributed by atoms with Crippen LogP contribution in [0.1, 0.15) is 18.4 Å². The van der Waals surface area contributed by atoms with Crippen molar-refractivity contribution in [2.75, 3.05) is 19.7 Å². The van der Waals surface area contributed by atoms with Crippen molar-refractivity contribution in [1.82, 2.24) is 4.90 Å². The van der Waals surface area contributed by atoms with Gasteiger partial charge in [0, 0.05) is 23.5 Å². The molecule has 1 aromatic rings. The van der Waals surface area contributed by atoms with E-state index in [2.05, 4.69) is 20.8 Å². The highest BCUT2D eigenvalue weighted by atomic mass is 79.9. The van der Waals surface area contributed by atoms with Gasteiger partial charge in [0.15, 0.2) is 5.78 Å². The van der Waals surface area contributed by atoms with E-state index in [1.165, 1.54) is 12.8 Å². The number of ketones is 1. The lowest BCUT2D eigenvalue weighted by Gasteiger charge is -2.34. The number of Topliss-reactive ketones (excluding diaryl/α,β-unsaturated/α-hetero) is 1. The maximum Gasteiger partial charge on any atom is 0.167 e. The summed E-state index contributed by atoms with van der Waals surface area (Å²) in [5.41, 5.74) is 1.05. The molecule has 19 heavy (non-hydrogen) atoms. The third-order valence-corrected chi connectivity index (χ3v) is 4.51. The first kappa shape index (κ1) is 13.3. The van der Waals surface area contributed by atoms with Gasteiger partial charge in [-0.2, -0.15) is 0 Å². The minimum Gasteiger partial charge on any atom is -0.367 e. The van der Waals surface area contributed by atoms with Gasteiger partial charge in [0.05, 0.1) is 6.61 Å². The second-order valence-corrected chi connectivity index (χ2v) is 6.30. The van der Waals surface area contributed by atoms with Crippen molar-refractivity contribution in [3.8, 4) is 0 Å². The minimum atomic E-state index is -0.242. The van der Waals surface area contributed by atoms with Crippen LogP contribution in [0, 0.1) is 0 Å². The highest BCUT2D eigenvalue weighted by Crippen LogP contribution is 2.23. The second-order valence-electron chi connectivity index (χ2n) is 5.39. The van der Waals surface area contributed by atoms with Gasteiger partial charge in [-0.15, -0.1) is 0 Å². The minimum absolute atomic E-state index is 0.198. The van der Waals surface area contributed by atoms with Crippen molar-refractivity contribution in [3.63, 3.8) is 0 Å². The molecule has 2 unspecified atom stereocenters. The number of nitrogens with zero attached hydrogens (tertiary/aromatic N) is 1. The highest BCUT2D eigenvalue weighted by Gasteiger charge is 2.34. The second kappa shape index (κ2) is 5.73. The number of carbonyl (C=O) groups excluding carboxylic acids is 1. The predicted molar refractivity (Wildman–Crippen MR) is 77.2 cm³/mol. The van der Waals surface area contributed by atoms with Crippen LogP contribution in [0.25, 0.3) is 0 Å². The Labute approximate surface area is 122 Å². The zero-order chi connectivity index (χ0) is 13.2. The summed E-state index contributed by atoms with van der Waals surface area (Å²) >= 11 is 3.43. The molecule has 2 heterocycles. The van der Waals surface area contributed by atoms with E-state index in [-0.39, 0.29) is 11.9 Å². The number of ether oxygens (including phenoxy) is 1. The van der Waals surface area contributed by atoms with Crippen molar-refractivity contribution >= 4 is 21.7 Å². The Bertz CT molecular complexity index is 477. The lowest BCUT2D eigenvalue weighted by molar-refractivity contribution is -0.137. The summed E-state index contributed by atoms with van der Waals surface area (Å²) in [6.45, 7) is 2.61. The number of fused-ring (bicyclic) bond motifs is 1. The van der Waals surface area contributed by atoms with Crippen molar-refractivity contribution < 1.29 is 9.53 Å². The van der Waals surface area contributed by atoms with Crippen LogP contribution in [-0.4, -0.2) is 42.5 Å². The Morgan fingerprint density at radius 3 is 3.21 bits per heavy atom. The Morgan fingerprint density at radius 2 is 2.37 bits per heavy atom. The predicted octanol–water partition coefficient (Wildman–Crippen LogP) is 2.42. The van der Waals surface area contributed by atoms with Gasteiger partial charge in [0.2, 0.25) is 0 Å². The fraction of sp³-hybridized carbons (Fsp3) is 0.533. The maximum absolute atomic E-state index is 12.3. The van der Waals surface area contributed by atoms with E-state index < -0.39 is 0 Å². The standard InChI is InChI=1S/C15H18BrNO2/c16-12-4-1-3-11(7-12)8-14(18)15-9-17-6-2-5-13(17)10-19-15/h1,3-4,7,13,15H,2,5-6,8-10H2. The molecule has 1 aromatic carbocycles. The van der Waals surface area contributed by atoms with E-state index in [1.54, 1.807) is 0 Å². The fourth-order valence-electron chi connectivity index (χ4n) is 2.97. The van der Waals surface area contributed by atoms with Gasteiger partial charge in [0.25, 0.3) is 0 Å². The number of benzene rings is 1. The molecular weight excluding hydrogens is 306 g/mol. The average molecular weight is 324 g/mol. The van der Waals surface area contributed by atoms with Gasteiger partial charge in [-0.05, 0) is 37.1 Å². The van der Waals surface area contributed by atoms with E-state index in [0.717, 1.165) is 29.7 Å². The van der Waals surface area contributed by atoms with Crippen molar-refractivity contribution in [1.29, 1.82) is 0 Å². The van der Waals surface area contributed by atoms with E-state index in [1.807, 2.05) is 24.3 Å². The van der Waals surface area contributed by atoms with E-state index in [4.69, 9.17) is 4.74 Å². The molecule has 0 spiro atoms. The van der Waals surface area contributed by atoms with Gasteiger partial charge >= 0.3 is 0 Å². The molecule has 102 valence electrons. The normalized spacial score (nSPS) is 27.2. The molecule has 3 rings (SSSR count). The van der Waals surface area contributed by atoms with Gasteiger partial charge in [0.1, 0.15) is 6.10 Å². The number of halogens is 1. The molecule has 0 aliphatic carbocycles. The monoisotopic (exact) mass is 323 g/mol. The molecule has 2 fully saturated rings. The molecule has 0 bridgehead atoms. The Hall–Kier alpha value is -0.710. The van der Waals surface area contributed by atoms with Crippen LogP contribution in [0.15, 0.2) is 28.7 Å².